The van der Waals surface area contributed by atoms with Gasteiger partial charge in [0.1, 0.15) is 0 Å². The number of carbonyl (C=O) groups is 2. The lowest BCUT2D eigenvalue weighted by molar-refractivity contribution is -0.387. The van der Waals surface area contributed by atoms with Gasteiger partial charge < -0.3 is 10.1 Å². The third-order valence-corrected chi connectivity index (χ3v) is 4.48. The second kappa shape index (κ2) is 9.21. The highest BCUT2D eigenvalue weighted by Crippen LogP contribution is 2.28. The quantitative estimate of drug-likeness (QED) is 0.331. The molecule has 1 amide bonds. The number of amides is 1. The maximum Gasteiger partial charge on any atom is 0.317 e. The third-order valence-electron chi connectivity index (χ3n) is 3.20. The molecule has 0 bridgehead atoms. The van der Waals surface area contributed by atoms with Crippen LogP contribution < -0.4 is 5.32 Å². The molecule has 1 N–H and O–H groups in total. The number of nitrogens with zero attached hydrogens (tertiary/aromatic N) is 1. The van der Waals surface area contributed by atoms with Gasteiger partial charge in [0.15, 0.2) is 6.10 Å². The van der Waals surface area contributed by atoms with Crippen molar-refractivity contribution < 1.29 is 19.2 Å². The van der Waals surface area contributed by atoms with Crippen LogP contribution in [0.2, 0.25) is 5.02 Å². The second-order valence-corrected chi connectivity index (χ2v) is 6.60. The van der Waals surface area contributed by atoms with Crippen molar-refractivity contribution in [2.75, 3.05) is 11.1 Å². The van der Waals surface area contributed by atoms with Crippen LogP contribution in [0.4, 0.5) is 11.4 Å². The predicted octanol–water partition coefficient (Wildman–Crippen LogP) is 3.91. The molecule has 0 heterocycles. The van der Waals surface area contributed by atoms with E-state index < -0.39 is 22.9 Å². The molecule has 0 unspecified atom stereocenters. The van der Waals surface area contributed by atoms with Crippen LogP contribution in [-0.4, -0.2) is 28.7 Å². The zero-order valence-corrected chi connectivity index (χ0v) is 15.3. The molecule has 136 valence electrons. The summed E-state index contributed by atoms with van der Waals surface area (Å²) in [7, 11) is 0. The topological polar surface area (TPSA) is 98.5 Å². The minimum atomic E-state index is -1.01. The average molecular weight is 395 g/mol. The number of esters is 1. The van der Waals surface area contributed by atoms with Gasteiger partial charge >= 0.3 is 5.97 Å². The molecule has 2 aromatic rings. The predicted molar refractivity (Wildman–Crippen MR) is 99.5 cm³/mol. The number of nitro benzene ring substituents is 1. The molecule has 0 aliphatic carbocycles. The summed E-state index contributed by atoms with van der Waals surface area (Å²) in [5.41, 5.74) is 0.440. The minimum Gasteiger partial charge on any atom is -0.452 e. The van der Waals surface area contributed by atoms with E-state index in [9.17, 15) is 19.7 Å². The highest BCUT2D eigenvalue weighted by Gasteiger charge is 2.20. The Labute approximate surface area is 158 Å². The van der Waals surface area contributed by atoms with Crippen LogP contribution in [0.3, 0.4) is 0 Å². The van der Waals surface area contributed by atoms with Gasteiger partial charge in [0.05, 0.1) is 15.6 Å². The summed E-state index contributed by atoms with van der Waals surface area (Å²) in [6.07, 6.45) is -1.01. The minimum absolute atomic E-state index is 0.0844. The van der Waals surface area contributed by atoms with Gasteiger partial charge in [-0.2, -0.15) is 0 Å². The van der Waals surface area contributed by atoms with Gasteiger partial charge in [-0.05, 0) is 37.3 Å². The summed E-state index contributed by atoms with van der Waals surface area (Å²) in [5.74, 6) is -1.29. The number of para-hydroxylation sites is 1. The van der Waals surface area contributed by atoms with Crippen LogP contribution in [0.5, 0.6) is 0 Å². The van der Waals surface area contributed by atoms with Gasteiger partial charge in [-0.15, -0.1) is 11.8 Å². The monoisotopic (exact) mass is 394 g/mol. The van der Waals surface area contributed by atoms with Gasteiger partial charge in [-0.3, -0.25) is 19.7 Å². The Hall–Kier alpha value is -2.58. The summed E-state index contributed by atoms with van der Waals surface area (Å²) in [6, 6.07) is 12.6. The van der Waals surface area contributed by atoms with Crippen LogP contribution in [0, 0.1) is 10.1 Å². The van der Waals surface area contributed by atoms with Gasteiger partial charge in [0, 0.05) is 16.8 Å². The van der Waals surface area contributed by atoms with E-state index in [-0.39, 0.29) is 11.4 Å². The van der Waals surface area contributed by atoms with E-state index >= 15 is 0 Å². The Balaban J connectivity index is 1.86. The van der Waals surface area contributed by atoms with E-state index in [0.717, 1.165) is 11.8 Å². The van der Waals surface area contributed by atoms with Crippen molar-refractivity contribution in [3.8, 4) is 0 Å². The molecule has 7 nitrogen and oxygen atoms in total. The highest BCUT2D eigenvalue weighted by molar-refractivity contribution is 8.00. The molecule has 0 spiro atoms. The number of hydrogen-bond acceptors (Lipinski definition) is 6. The average Bonchev–Trinajstić information content (AvgIpc) is 2.62. The molecule has 0 fully saturated rings. The van der Waals surface area contributed by atoms with Crippen molar-refractivity contribution in [3.05, 3.63) is 63.7 Å². The van der Waals surface area contributed by atoms with E-state index in [4.69, 9.17) is 16.3 Å². The first kappa shape index (κ1) is 19.7. The lowest BCUT2D eigenvalue weighted by Crippen LogP contribution is -2.30. The number of carbonyl (C=O) groups excluding carboxylic acids is 2. The number of anilines is 1. The van der Waals surface area contributed by atoms with Crippen molar-refractivity contribution in [2.24, 2.45) is 0 Å². The first-order chi connectivity index (χ1) is 12.4. The number of nitro groups is 1. The normalized spacial score (nSPS) is 11.5. The molecule has 0 radical (unpaired) electrons. The van der Waals surface area contributed by atoms with Crippen molar-refractivity contribution in [1.29, 1.82) is 0 Å². The number of rotatable bonds is 7. The third kappa shape index (κ3) is 5.75. The zero-order valence-electron chi connectivity index (χ0n) is 13.7. The fourth-order valence-electron chi connectivity index (χ4n) is 1.93. The molecule has 0 aliphatic rings. The number of ether oxygens (including phenoxy) is 1. The lowest BCUT2D eigenvalue weighted by Gasteiger charge is -2.13. The van der Waals surface area contributed by atoms with Crippen LogP contribution in [-0.2, 0) is 14.3 Å². The molecule has 0 saturated heterocycles. The largest absolute Gasteiger partial charge is 0.452 e. The molecule has 9 heteroatoms. The fraction of sp³-hybridized carbons (Fsp3) is 0.176. The standard InChI is InChI=1S/C17H15ClN2O5S/c1-11(17(22)19-13-8-6-12(18)7-9-13)25-16(21)10-26-15-5-3-2-4-14(15)20(23)24/h2-9,11H,10H2,1H3,(H,19,22)/t11-/m0/s1. The summed E-state index contributed by atoms with van der Waals surface area (Å²) >= 11 is 6.75. The smallest absolute Gasteiger partial charge is 0.317 e. The summed E-state index contributed by atoms with van der Waals surface area (Å²) in [4.78, 5) is 34.7. The Kier molecular flexibility index (Phi) is 6.99. The number of benzene rings is 2. The molecule has 26 heavy (non-hydrogen) atoms. The fourth-order valence-corrected chi connectivity index (χ4v) is 2.86. The summed E-state index contributed by atoms with van der Waals surface area (Å²) in [6.45, 7) is 1.44. The van der Waals surface area contributed by atoms with Crippen molar-refractivity contribution >= 4 is 46.6 Å². The first-order valence-electron chi connectivity index (χ1n) is 7.49. The highest BCUT2D eigenvalue weighted by atomic mass is 35.5. The van der Waals surface area contributed by atoms with Gasteiger partial charge in [-0.1, -0.05) is 23.7 Å². The molecule has 0 aromatic heterocycles. The van der Waals surface area contributed by atoms with Crippen molar-refractivity contribution in [1.82, 2.24) is 0 Å². The Morgan fingerprint density at radius 3 is 2.54 bits per heavy atom. The van der Waals surface area contributed by atoms with E-state index in [1.165, 1.54) is 13.0 Å². The maximum atomic E-state index is 12.0. The molecular weight excluding hydrogens is 380 g/mol. The maximum absolute atomic E-state index is 12.0. The molecule has 1 atom stereocenters. The molecule has 2 aromatic carbocycles. The first-order valence-corrected chi connectivity index (χ1v) is 8.85. The molecule has 0 saturated carbocycles. The molecule has 0 aliphatic heterocycles. The van der Waals surface area contributed by atoms with Crippen LogP contribution >= 0.6 is 23.4 Å². The summed E-state index contributed by atoms with van der Waals surface area (Å²) in [5, 5.41) is 14.1. The Morgan fingerprint density at radius 2 is 1.88 bits per heavy atom. The number of hydrogen-bond donors (Lipinski definition) is 1. The van der Waals surface area contributed by atoms with Crippen LogP contribution in [0.1, 0.15) is 6.92 Å². The van der Waals surface area contributed by atoms with Gasteiger partial charge in [-0.25, -0.2) is 0 Å². The van der Waals surface area contributed by atoms with Crippen LogP contribution in [0.15, 0.2) is 53.4 Å². The van der Waals surface area contributed by atoms with Gasteiger partial charge in [0.2, 0.25) is 0 Å². The SMILES string of the molecule is C[C@H](OC(=O)CSc1ccccc1[N+](=O)[O-])C(=O)Nc1ccc(Cl)cc1. The number of nitrogens with one attached hydrogen (secondary N) is 1. The number of halogens is 1. The Bertz CT molecular complexity index is 813. The zero-order chi connectivity index (χ0) is 19.1. The summed E-state index contributed by atoms with van der Waals surface area (Å²) < 4.78 is 5.06. The van der Waals surface area contributed by atoms with E-state index in [0.29, 0.717) is 15.6 Å². The Morgan fingerprint density at radius 1 is 1.23 bits per heavy atom. The lowest BCUT2D eigenvalue weighted by atomic mass is 10.3. The molecular formula is C17H15ClN2O5S. The van der Waals surface area contributed by atoms with Crippen molar-refractivity contribution in [3.63, 3.8) is 0 Å². The number of thioether (sulfide) groups is 1. The van der Waals surface area contributed by atoms with Crippen LogP contribution in [0.25, 0.3) is 0 Å². The van der Waals surface area contributed by atoms with Gasteiger partial charge in [0.25, 0.3) is 11.6 Å². The second-order valence-electron chi connectivity index (χ2n) is 5.14. The van der Waals surface area contributed by atoms with E-state index in [1.54, 1.807) is 42.5 Å². The van der Waals surface area contributed by atoms with E-state index in [2.05, 4.69) is 5.32 Å². The van der Waals surface area contributed by atoms with E-state index in [1.807, 2.05) is 0 Å². The molecule has 2 rings (SSSR count). The van der Waals surface area contributed by atoms with Crippen molar-refractivity contribution in [2.45, 2.75) is 17.9 Å².